The lowest BCUT2D eigenvalue weighted by Crippen LogP contribution is -2.27. The zero-order valence-electron chi connectivity index (χ0n) is 8.57. The number of hydrogen-bond donors (Lipinski definition) is 1. The van der Waals surface area contributed by atoms with Crippen molar-refractivity contribution in [1.29, 1.82) is 0 Å². The van der Waals surface area contributed by atoms with Gasteiger partial charge in [-0.15, -0.1) is 6.42 Å². The molecule has 3 nitrogen and oxygen atoms in total. The first kappa shape index (κ1) is 10.6. The molecule has 0 spiro atoms. The van der Waals surface area contributed by atoms with Crippen molar-refractivity contribution >= 4 is 5.82 Å². The third-order valence-electron chi connectivity index (χ3n) is 2.14. The van der Waals surface area contributed by atoms with E-state index in [2.05, 4.69) is 10.9 Å². The third-order valence-corrected chi connectivity index (χ3v) is 2.14. The molecule has 0 fully saturated rings. The second-order valence-corrected chi connectivity index (χ2v) is 3.31. The van der Waals surface area contributed by atoms with Crippen molar-refractivity contribution in [1.82, 2.24) is 9.88 Å². The van der Waals surface area contributed by atoms with Crippen molar-refractivity contribution in [2.75, 3.05) is 12.8 Å². The van der Waals surface area contributed by atoms with Gasteiger partial charge < -0.3 is 5.73 Å². The van der Waals surface area contributed by atoms with Crippen LogP contribution in [-0.2, 0) is 6.54 Å². The van der Waals surface area contributed by atoms with Crippen LogP contribution in [0.25, 0.3) is 0 Å². The summed E-state index contributed by atoms with van der Waals surface area (Å²) in [5.74, 6) is 3.21. The summed E-state index contributed by atoms with van der Waals surface area (Å²) in [6.45, 7) is 2.70. The van der Waals surface area contributed by atoms with Gasteiger partial charge in [-0.05, 0) is 26.1 Å². The van der Waals surface area contributed by atoms with E-state index < -0.39 is 0 Å². The van der Waals surface area contributed by atoms with Crippen LogP contribution in [0.1, 0.15) is 12.6 Å². The van der Waals surface area contributed by atoms with Gasteiger partial charge in [-0.2, -0.15) is 0 Å². The van der Waals surface area contributed by atoms with Gasteiger partial charge in [0.05, 0.1) is 11.7 Å². The molecule has 14 heavy (non-hydrogen) atoms. The number of nitrogens with zero attached hydrogens (tertiary/aromatic N) is 2. The Morgan fingerprint density at radius 2 is 2.36 bits per heavy atom. The highest BCUT2D eigenvalue weighted by atomic mass is 15.1. The average Bonchev–Trinajstić information content (AvgIpc) is 2.16. The Labute approximate surface area is 84.9 Å². The molecule has 1 aromatic rings. The molecule has 1 rings (SSSR count). The monoisotopic (exact) mass is 189 g/mol. The van der Waals surface area contributed by atoms with E-state index in [0.717, 1.165) is 12.2 Å². The van der Waals surface area contributed by atoms with Gasteiger partial charge in [-0.3, -0.25) is 4.90 Å². The Hall–Kier alpha value is -1.53. The molecule has 0 saturated heterocycles. The standard InChI is InChI=1S/C11H15N3/c1-4-9(2)14(3)8-10-6-5-7-11(12)13-10/h1,5-7,9H,8H2,2-3H3,(H2,12,13). The van der Waals surface area contributed by atoms with Crippen molar-refractivity contribution in [3.8, 4) is 12.3 Å². The minimum absolute atomic E-state index is 0.109. The molecule has 0 aliphatic rings. The molecular formula is C11H15N3. The second kappa shape index (κ2) is 4.64. The van der Waals surface area contributed by atoms with Crippen molar-refractivity contribution in [2.24, 2.45) is 0 Å². The maximum absolute atomic E-state index is 5.57. The molecule has 2 N–H and O–H groups in total. The summed E-state index contributed by atoms with van der Waals surface area (Å²) in [6, 6.07) is 5.72. The summed E-state index contributed by atoms with van der Waals surface area (Å²) < 4.78 is 0. The van der Waals surface area contributed by atoms with Crippen LogP contribution in [0.3, 0.4) is 0 Å². The lowest BCUT2D eigenvalue weighted by atomic mass is 10.2. The van der Waals surface area contributed by atoms with Crippen LogP contribution in [0, 0.1) is 12.3 Å². The Bertz CT molecular complexity index is 341. The summed E-state index contributed by atoms with van der Waals surface area (Å²) in [7, 11) is 1.97. The van der Waals surface area contributed by atoms with Crippen molar-refractivity contribution in [3.05, 3.63) is 23.9 Å². The molecular weight excluding hydrogens is 174 g/mol. The minimum atomic E-state index is 0.109. The molecule has 0 bridgehead atoms. The van der Waals surface area contributed by atoms with E-state index in [1.807, 2.05) is 31.0 Å². The van der Waals surface area contributed by atoms with Crippen LogP contribution < -0.4 is 5.73 Å². The van der Waals surface area contributed by atoms with E-state index in [9.17, 15) is 0 Å². The maximum Gasteiger partial charge on any atom is 0.123 e. The molecule has 3 heteroatoms. The van der Waals surface area contributed by atoms with Crippen LogP contribution in [-0.4, -0.2) is 23.0 Å². The number of aromatic nitrogens is 1. The summed E-state index contributed by atoms with van der Waals surface area (Å²) in [4.78, 5) is 6.24. The highest BCUT2D eigenvalue weighted by molar-refractivity contribution is 5.28. The van der Waals surface area contributed by atoms with Crippen LogP contribution in [0.2, 0.25) is 0 Å². The summed E-state index contributed by atoms with van der Waals surface area (Å²) in [5, 5.41) is 0. The molecule has 0 radical (unpaired) electrons. The van der Waals surface area contributed by atoms with E-state index in [4.69, 9.17) is 12.2 Å². The minimum Gasteiger partial charge on any atom is -0.384 e. The molecule has 0 saturated carbocycles. The zero-order valence-corrected chi connectivity index (χ0v) is 8.57. The molecule has 1 unspecified atom stereocenters. The van der Waals surface area contributed by atoms with Crippen molar-refractivity contribution in [2.45, 2.75) is 19.5 Å². The highest BCUT2D eigenvalue weighted by Gasteiger charge is 2.06. The average molecular weight is 189 g/mol. The molecule has 74 valence electrons. The van der Waals surface area contributed by atoms with Gasteiger partial charge in [0.15, 0.2) is 0 Å². The largest absolute Gasteiger partial charge is 0.384 e. The van der Waals surface area contributed by atoms with Gasteiger partial charge in [-0.1, -0.05) is 12.0 Å². The molecule has 0 aromatic carbocycles. The van der Waals surface area contributed by atoms with E-state index in [-0.39, 0.29) is 6.04 Å². The predicted molar refractivity (Wildman–Crippen MR) is 58.4 cm³/mol. The summed E-state index contributed by atoms with van der Waals surface area (Å²) >= 11 is 0. The maximum atomic E-state index is 5.57. The lowest BCUT2D eigenvalue weighted by Gasteiger charge is -2.19. The second-order valence-electron chi connectivity index (χ2n) is 3.31. The fourth-order valence-electron chi connectivity index (χ4n) is 1.11. The number of terminal acetylenes is 1. The number of nitrogen functional groups attached to an aromatic ring is 1. The number of nitrogens with two attached hydrogens (primary N) is 1. The van der Waals surface area contributed by atoms with E-state index in [1.165, 1.54) is 0 Å². The fourth-order valence-corrected chi connectivity index (χ4v) is 1.11. The Kier molecular flexibility index (Phi) is 3.49. The first-order valence-corrected chi connectivity index (χ1v) is 4.51. The molecule has 1 atom stereocenters. The number of hydrogen-bond acceptors (Lipinski definition) is 3. The Morgan fingerprint density at radius 1 is 1.64 bits per heavy atom. The van der Waals surface area contributed by atoms with Crippen LogP contribution in [0.5, 0.6) is 0 Å². The SMILES string of the molecule is C#CC(C)N(C)Cc1cccc(N)n1. The Balaban J connectivity index is 2.65. The number of pyridine rings is 1. The van der Waals surface area contributed by atoms with Gasteiger partial charge in [0.25, 0.3) is 0 Å². The number of anilines is 1. The Morgan fingerprint density at radius 3 is 2.93 bits per heavy atom. The van der Waals surface area contributed by atoms with Gasteiger partial charge in [0.1, 0.15) is 5.82 Å². The quantitative estimate of drug-likeness (QED) is 0.724. The van der Waals surface area contributed by atoms with Gasteiger partial charge >= 0.3 is 0 Å². The zero-order chi connectivity index (χ0) is 10.6. The van der Waals surface area contributed by atoms with E-state index in [1.54, 1.807) is 6.07 Å². The van der Waals surface area contributed by atoms with Crippen molar-refractivity contribution < 1.29 is 0 Å². The van der Waals surface area contributed by atoms with Crippen LogP contribution in [0.15, 0.2) is 18.2 Å². The molecule has 0 aliphatic heterocycles. The first-order chi connectivity index (χ1) is 6.63. The lowest BCUT2D eigenvalue weighted by molar-refractivity contribution is 0.293. The molecule has 0 aliphatic carbocycles. The predicted octanol–water partition coefficient (Wildman–Crippen LogP) is 1.12. The van der Waals surface area contributed by atoms with E-state index >= 15 is 0 Å². The highest BCUT2D eigenvalue weighted by Crippen LogP contribution is 2.05. The first-order valence-electron chi connectivity index (χ1n) is 4.51. The van der Waals surface area contributed by atoms with Crippen LogP contribution >= 0.6 is 0 Å². The van der Waals surface area contributed by atoms with Gasteiger partial charge in [0, 0.05) is 6.54 Å². The fraction of sp³-hybridized carbons (Fsp3) is 0.364. The number of rotatable bonds is 3. The van der Waals surface area contributed by atoms with Crippen molar-refractivity contribution in [3.63, 3.8) is 0 Å². The van der Waals surface area contributed by atoms with Gasteiger partial charge in [0.2, 0.25) is 0 Å². The summed E-state index contributed by atoms with van der Waals surface area (Å²) in [5.41, 5.74) is 6.51. The normalized spacial score (nSPS) is 12.4. The summed E-state index contributed by atoms with van der Waals surface area (Å²) in [6.07, 6.45) is 5.32. The third kappa shape index (κ3) is 2.75. The topological polar surface area (TPSA) is 42.1 Å². The van der Waals surface area contributed by atoms with Crippen LogP contribution in [0.4, 0.5) is 5.82 Å². The molecule has 0 amide bonds. The smallest absolute Gasteiger partial charge is 0.123 e. The molecule has 1 aromatic heterocycles. The molecule has 1 heterocycles. The van der Waals surface area contributed by atoms with E-state index in [0.29, 0.717) is 5.82 Å². The van der Waals surface area contributed by atoms with Gasteiger partial charge in [-0.25, -0.2) is 4.98 Å².